The number of sulfonamides is 1. The van der Waals surface area contributed by atoms with E-state index in [9.17, 15) is 13.2 Å². The molecule has 1 aliphatic heterocycles. The highest BCUT2D eigenvalue weighted by Gasteiger charge is 2.32. The standard InChI is InChI=1S/C22H29N3O3S/c1-24(2)15-12-18-8-10-20(11-9-18)23-22(26)19-13-16-25(17-14-19)29(27,28)21-6-4-3-5-7-21/h3-11,19H,12-17H2,1-2H3,(H,23,26). The molecule has 0 saturated carbocycles. The molecule has 6 nitrogen and oxygen atoms in total. The minimum atomic E-state index is -3.49. The molecular weight excluding hydrogens is 386 g/mol. The summed E-state index contributed by atoms with van der Waals surface area (Å²) in [6, 6.07) is 16.4. The van der Waals surface area contributed by atoms with Gasteiger partial charge in [0.2, 0.25) is 15.9 Å². The maximum Gasteiger partial charge on any atom is 0.243 e. The Hall–Kier alpha value is -2.22. The summed E-state index contributed by atoms with van der Waals surface area (Å²) in [5.41, 5.74) is 2.01. The summed E-state index contributed by atoms with van der Waals surface area (Å²) in [4.78, 5) is 15.1. The summed E-state index contributed by atoms with van der Waals surface area (Å²) in [5.74, 6) is -0.214. The molecular formula is C22H29N3O3S. The van der Waals surface area contributed by atoms with Crippen molar-refractivity contribution in [3.8, 4) is 0 Å². The third-order valence-corrected chi connectivity index (χ3v) is 7.19. The van der Waals surface area contributed by atoms with E-state index in [1.54, 1.807) is 30.3 Å². The Morgan fingerprint density at radius 1 is 1.03 bits per heavy atom. The topological polar surface area (TPSA) is 69.7 Å². The van der Waals surface area contributed by atoms with E-state index in [0.29, 0.717) is 30.8 Å². The molecule has 1 saturated heterocycles. The maximum atomic E-state index is 12.7. The van der Waals surface area contributed by atoms with Crippen molar-refractivity contribution in [1.82, 2.24) is 9.21 Å². The monoisotopic (exact) mass is 415 g/mol. The first-order valence-corrected chi connectivity index (χ1v) is 11.4. The number of piperidine rings is 1. The number of nitrogens with one attached hydrogen (secondary N) is 1. The lowest BCUT2D eigenvalue weighted by Gasteiger charge is -2.30. The minimum absolute atomic E-state index is 0.0391. The second-order valence-electron chi connectivity index (χ2n) is 7.73. The molecule has 2 aromatic carbocycles. The van der Waals surface area contributed by atoms with Crippen LogP contribution in [0.3, 0.4) is 0 Å². The average molecular weight is 416 g/mol. The van der Waals surface area contributed by atoms with Crippen molar-refractivity contribution in [1.29, 1.82) is 0 Å². The molecule has 0 unspecified atom stereocenters. The van der Waals surface area contributed by atoms with Crippen molar-refractivity contribution >= 4 is 21.6 Å². The highest BCUT2D eigenvalue weighted by molar-refractivity contribution is 7.89. The summed E-state index contributed by atoms with van der Waals surface area (Å²) in [6.07, 6.45) is 2.02. The fourth-order valence-electron chi connectivity index (χ4n) is 3.45. The van der Waals surface area contributed by atoms with Crippen molar-refractivity contribution in [2.24, 2.45) is 5.92 Å². The van der Waals surface area contributed by atoms with E-state index in [1.807, 2.05) is 38.4 Å². The van der Waals surface area contributed by atoms with E-state index in [-0.39, 0.29) is 11.8 Å². The Balaban J connectivity index is 1.52. The molecule has 156 valence electrons. The van der Waals surface area contributed by atoms with Crippen molar-refractivity contribution in [2.45, 2.75) is 24.2 Å². The fraction of sp³-hybridized carbons (Fsp3) is 0.409. The van der Waals surface area contributed by atoms with E-state index in [0.717, 1.165) is 18.7 Å². The zero-order valence-corrected chi connectivity index (χ0v) is 17.9. The molecule has 0 aromatic heterocycles. The minimum Gasteiger partial charge on any atom is -0.326 e. The number of hydrogen-bond donors (Lipinski definition) is 1. The van der Waals surface area contributed by atoms with E-state index in [2.05, 4.69) is 10.2 Å². The van der Waals surface area contributed by atoms with Crippen LogP contribution in [-0.2, 0) is 21.2 Å². The van der Waals surface area contributed by atoms with Gasteiger partial charge in [0.05, 0.1) is 4.90 Å². The first-order valence-electron chi connectivity index (χ1n) is 9.96. The van der Waals surface area contributed by atoms with Crippen LogP contribution in [0.25, 0.3) is 0 Å². The first kappa shape index (κ1) is 21.5. The summed E-state index contributed by atoms with van der Waals surface area (Å²) in [7, 11) is 0.605. The van der Waals surface area contributed by atoms with Gasteiger partial charge in [-0.3, -0.25) is 4.79 Å². The molecule has 7 heteroatoms. The number of likely N-dealkylation sites (N-methyl/N-ethyl adjacent to an activating group) is 1. The lowest BCUT2D eigenvalue weighted by atomic mass is 9.97. The van der Waals surface area contributed by atoms with E-state index >= 15 is 0 Å². The van der Waals surface area contributed by atoms with Crippen molar-refractivity contribution in [2.75, 3.05) is 39.0 Å². The predicted molar refractivity (Wildman–Crippen MR) is 115 cm³/mol. The third kappa shape index (κ3) is 5.65. The zero-order chi connectivity index (χ0) is 20.9. The average Bonchev–Trinajstić information content (AvgIpc) is 2.74. The van der Waals surface area contributed by atoms with Gasteiger partial charge >= 0.3 is 0 Å². The summed E-state index contributed by atoms with van der Waals surface area (Å²) < 4.78 is 26.9. The zero-order valence-electron chi connectivity index (χ0n) is 17.0. The number of carbonyl (C=O) groups is 1. The van der Waals surface area contributed by atoms with Gasteiger partial charge in [-0.05, 0) is 63.2 Å². The molecule has 1 fully saturated rings. The summed E-state index contributed by atoms with van der Waals surface area (Å²) in [5, 5.41) is 2.97. The van der Waals surface area contributed by atoms with E-state index in [4.69, 9.17) is 0 Å². The van der Waals surface area contributed by atoms with Crippen molar-refractivity contribution in [3.63, 3.8) is 0 Å². The molecule has 3 rings (SSSR count). The molecule has 1 heterocycles. The lowest BCUT2D eigenvalue weighted by molar-refractivity contribution is -0.120. The van der Waals surface area contributed by atoms with E-state index in [1.165, 1.54) is 9.87 Å². The Kier molecular flexibility index (Phi) is 7.05. The summed E-state index contributed by atoms with van der Waals surface area (Å²) in [6.45, 7) is 1.70. The van der Waals surface area contributed by atoms with Crippen LogP contribution in [-0.4, -0.2) is 57.3 Å². The van der Waals surface area contributed by atoms with Crippen LogP contribution in [0.1, 0.15) is 18.4 Å². The smallest absolute Gasteiger partial charge is 0.243 e. The van der Waals surface area contributed by atoms with Gasteiger partial charge in [0.25, 0.3) is 0 Å². The largest absolute Gasteiger partial charge is 0.326 e. The third-order valence-electron chi connectivity index (χ3n) is 5.27. The molecule has 2 aromatic rings. The van der Waals surface area contributed by atoms with Gasteiger partial charge in [0.15, 0.2) is 0 Å². The quantitative estimate of drug-likeness (QED) is 0.755. The van der Waals surface area contributed by atoms with Gasteiger partial charge in [-0.25, -0.2) is 8.42 Å². The number of nitrogens with zero attached hydrogens (tertiary/aromatic N) is 2. The van der Waals surface area contributed by atoms with E-state index < -0.39 is 10.0 Å². The van der Waals surface area contributed by atoms with Gasteiger partial charge in [0, 0.05) is 31.2 Å². The molecule has 1 amide bonds. The van der Waals surface area contributed by atoms with Gasteiger partial charge in [-0.15, -0.1) is 0 Å². The van der Waals surface area contributed by atoms with Crippen LogP contribution in [0.5, 0.6) is 0 Å². The Morgan fingerprint density at radius 2 is 1.66 bits per heavy atom. The lowest BCUT2D eigenvalue weighted by Crippen LogP contribution is -2.41. The number of anilines is 1. The Morgan fingerprint density at radius 3 is 2.24 bits per heavy atom. The number of hydrogen-bond acceptors (Lipinski definition) is 4. The van der Waals surface area contributed by atoms with Crippen LogP contribution < -0.4 is 5.32 Å². The maximum absolute atomic E-state index is 12.7. The van der Waals surface area contributed by atoms with Crippen LogP contribution in [0.4, 0.5) is 5.69 Å². The second kappa shape index (κ2) is 9.52. The summed E-state index contributed by atoms with van der Waals surface area (Å²) >= 11 is 0. The van der Waals surface area contributed by atoms with Crippen LogP contribution in [0, 0.1) is 5.92 Å². The normalized spacial score (nSPS) is 16.1. The van der Waals surface area contributed by atoms with Gasteiger partial charge in [0.1, 0.15) is 0 Å². The number of carbonyl (C=O) groups excluding carboxylic acids is 1. The van der Waals surface area contributed by atoms with Crippen LogP contribution in [0.15, 0.2) is 59.5 Å². The molecule has 0 aliphatic carbocycles. The highest BCUT2D eigenvalue weighted by atomic mass is 32.2. The molecule has 1 N–H and O–H groups in total. The predicted octanol–water partition coefficient (Wildman–Crippen LogP) is 2.83. The van der Waals surface area contributed by atoms with Crippen LogP contribution >= 0.6 is 0 Å². The number of rotatable bonds is 7. The Bertz CT molecular complexity index is 904. The molecule has 1 aliphatic rings. The van der Waals surface area contributed by atoms with Gasteiger partial charge in [-0.2, -0.15) is 4.31 Å². The number of amides is 1. The molecule has 0 bridgehead atoms. The SMILES string of the molecule is CN(C)CCc1ccc(NC(=O)C2CCN(S(=O)(=O)c3ccccc3)CC2)cc1. The van der Waals surface area contributed by atoms with Gasteiger partial charge < -0.3 is 10.2 Å². The van der Waals surface area contributed by atoms with Crippen molar-refractivity contribution < 1.29 is 13.2 Å². The fourth-order valence-corrected chi connectivity index (χ4v) is 4.94. The molecule has 0 radical (unpaired) electrons. The highest BCUT2D eigenvalue weighted by Crippen LogP contribution is 2.25. The molecule has 0 spiro atoms. The van der Waals surface area contributed by atoms with Crippen LogP contribution in [0.2, 0.25) is 0 Å². The van der Waals surface area contributed by atoms with Crippen molar-refractivity contribution in [3.05, 3.63) is 60.2 Å². The second-order valence-corrected chi connectivity index (χ2v) is 9.67. The first-order chi connectivity index (χ1) is 13.9. The van der Waals surface area contributed by atoms with Gasteiger partial charge in [-0.1, -0.05) is 30.3 Å². The Labute approximate surface area is 173 Å². The molecule has 29 heavy (non-hydrogen) atoms. The number of benzene rings is 2. The molecule has 0 atom stereocenters.